The molecule has 8 nitrogen and oxygen atoms in total. The molecule has 0 unspecified atom stereocenters. The molecule has 172 valence electrons. The van der Waals surface area contributed by atoms with E-state index in [9.17, 15) is 4.79 Å². The molecule has 0 aliphatic carbocycles. The van der Waals surface area contributed by atoms with Gasteiger partial charge in [-0.15, -0.1) is 5.10 Å². The van der Waals surface area contributed by atoms with Gasteiger partial charge in [0.2, 0.25) is 0 Å². The summed E-state index contributed by atoms with van der Waals surface area (Å²) >= 11 is 0. The van der Waals surface area contributed by atoms with Crippen molar-refractivity contribution in [3.63, 3.8) is 0 Å². The van der Waals surface area contributed by atoms with E-state index in [2.05, 4.69) is 66.1 Å². The third kappa shape index (κ3) is 4.76. The SMILES string of the molecule is CC[C@H](c1nnnn1C(C)(C)C)N(Cc1cc2cc(C)ccc2[nH]c1=O)C[C@H]1CCCO1. The van der Waals surface area contributed by atoms with Gasteiger partial charge in [-0.1, -0.05) is 18.6 Å². The third-order valence-corrected chi connectivity index (χ3v) is 6.17. The van der Waals surface area contributed by atoms with Crippen LogP contribution in [0.5, 0.6) is 0 Å². The molecule has 2 aromatic heterocycles. The van der Waals surface area contributed by atoms with E-state index in [1.807, 2.05) is 22.9 Å². The highest BCUT2D eigenvalue weighted by molar-refractivity contribution is 5.79. The number of nitrogens with zero attached hydrogens (tertiary/aromatic N) is 5. The summed E-state index contributed by atoms with van der Waals surface area (Å²) in [5.74, 6) is 0.825. The van der Waals surface area contributed by atoms with Crippen LogP contribution in [0.4, 0.5) is 0 Å². The molecule has 8 heteroatoms. The third-order valence-electron chi connectivity index (χ3n) is 6.17. The molecule has 0 amide bonds. The zero-order chi connectivity index (χ0) is 22.9. The van der Waals surface area contributed by atoms with Crippen LogP contribution in [0.3, 0.4) is 0 Å². The minimum atomic E-state index is -0.236. The molecule has 4 rings (SSSR count). The topological polar surface area (TPSA) is 88.9 Å². The van der Waals surface area contributed by atoms with Crippen molar-refractivity contribution < 1.29 is 4.74 Å². The van der Waals surface area contributed by atoms with Crippen LogP contribution in [0.15, 0.2) is 29.1 Å². The summed E-state index contributed by atoms with van der Waals surface area (Å²) in [5, 5.41) is 13.7. The maximum absolute atomic E-state index is 13.0. The average molecular weight is 439 g/mol. The lowest BCUT2D eigenvalue weighted by Gasteiger charge is -2.33. The molecule has 0 bridgehead atoms. The van der Waals surface area contributed by atoms with Crippen molar-refractivity contribution in [3.05, 3.63) is 51.6 Å². The van der Waals surface area contributed by atoms with E-state index in [1.54, 1.807) is 0 Å². The molecule has 1 aromatic carbocycles. The summed E-state index contributed by atoms with van der Waals surface area (Å²) in [6.45, 7) is 12.5. The van der Waals surface area contributed by atoms with E-state index in [4.69, 9.17) is 4.74 Å². The predicted octanol–water partition coefficient (Wildman–Crippen LogP) is 3.71. The van der Waals surface area contributed by atoms with Gasteiger partial charge in [0.1, 0.15) is 0 Å². The molecule has 0 saturated carbocycles. The molecule has 1 aliphatic rings. The Bertz CT molecular complexity index is 1120. The van der Waals surface area contributed by atoms with Gasteiger partial charge < -0.3 is 9.72 Å². The second-order valence-electron chi connectivity index (χ2n) is 9.82. The quantitative estimate of drug-likeness (QED) is 0.605. The van der Waals surface area contributed by atoms with Crippen LogP contribution < -0.4 is 5.56 Å². The van der Waals surface area contributed by atoms with Crippen LogP contribution in [0.25, 0.3) is 10.9 Å². The Morgan fingerprint density at radius 1 is 1.31 bits per heavy atom. The Morgan fingerprint density at radius 2 is 2.12 bits per heavy atom. The molecule has 1 saturated heterocycles. The van der Waals surface area contributed by atoms with Crippen LogP contribution in [0.1, 0.15) is 70.0 Å². The highest BCUT2D eigenvalue weighted by Crippen LogP contribution is 2.29. The molecular weight excluding hydrogens is 404 g/mol. The van der Waals surface area contributed by atoms with Gasteiger partial charge in [-0.05, 0) is 81.0 Å². The van der Waals surface area contributed by atoms with Crippen molar-refractivity contribution in [1.29, 1.82) is 0 Å². The molecule has 1 N–H and O–H groups in total. The maximum atomic E-state index is 13.0. The number of fused-ring (bicyclic) bond motifs is 1. The van der Waals surface area contributed by atoms with Gasteiger partial charge in [0.25, 0.3) is 5.56 Å². The number of H-pyrrole nitrogens is 1. The minimum absolute atomic E-state index is 0.0268. The first-order valence-corrected chi connectivity index (χ1v) is 11.5. The van der Waals surface area contributed by atoms with Crippen LogP contribution in [-0.2, 0) is 16.8 Å². The summed E-state index contributed by atoms with van der Waals surface area (Å²) in [6.07, 6.45) is 3.09. The van der Waals surface area contributed by atoms with Crippen molar-refractivity contribution in [2.75, 3.05) is 13.2 Å². The van der Waals surface area contributed by atoms with E-state index < -0.39 is 0 Å². The fourth-order valence-electron chi connectivity index (χ4n) is 4.54. The van der Waals surface area contributed by atoms with Crippen molar-refractivity contribution in [1.82, 2.24) is 30.1 Å². The number of tetrazole rings is 1. The number of pyridine rings is 1. The maximum Gasteiger partial charge on any atom is 0.252 e. The standard InChI is InChI=1S/C24H34N6O2/c1-6-21(22-26-27-28-30(22)24(3,4)5)29(15-19-8-7-11-32-19)14-18-13-17-12-16(2)9-10-20(17)25-23(18)31/h9-10,12-13,19,21H,6-8,11,14-15H2,1-5H3,(H,25,31)/t19-,21-/m1/s1. The number of nitrogens with one attached hydrogen (secondary N) is 1. The van der Waals surface area contributed by atoms with Gasteiger partial charge in [0.15, 0.2) is 5.82 Å². The first-order chi connectivity index (χ1) is 15.3. The number of hydrogen-bond donors (Lipinski definition) is 1. The molecular formula is C24H34N6O2. The van der Waals surface area contributed by atoms with E-state index in [0.717, 1.165) is 54.7 Å². The number of aryl methyl sites for hydroxylation is 1. The lowest BCUT2D eigenvalue weighted by Crippen LogP contribution is -2.39. The Balaban J connectivity index is 1.72. The summed E-state index contributed by atoms with van der Waals surface area (Å²) in [5.41, 5.74) is 2.49. The monoisotopic (exact) mass is 438 g/mol. The molecule has 0 spiro atoms. The number of aromatic amines is 1. The highest BCUT2D eigenvalue weighted by atomic mass is 16.5. The fourth-order valence-corrected chi connectivity index (χ4v) is 4.54. The molecule has 3 aromatic rings. The van der Waals surface area contributed by atoms with Crippen LogP contribution in [-0.4, -0.2) is 49.3 Å². The van der Waals surface area contributed by atoms with Gasteiger partial charge >= 0.3 is 0 Å². The second-order valence-corrected chi connectivity index (χ2v) is 9.82. The summed E-state index contributed by atoms with van der Waals surface area (Å²) in [7, 11) is 0. The first kappa shape index (κ1) is 22.6. The Kier molecular flexibility index (Phi) is 6.44. The molecule has 1 aliphatic heterocycles. The Hall–Kier alpha value is -2.58. The van der Waals surface area contributed by atoms with Gasteiger partial charge in [0.05, 0.1) is 17.7 Å². The number of aromatic nitrogens is 5. The minimum Gasteiger partial charge on any atom is -0.377 e. The lowest BCUT2D eigenvalue weighted by molar-refractivity contribution is 0.0478. The van der Waals surface area contributed by atoms with Crippen LogP contribution in [0, 0.1) is 6.92 Å². The summed E-state index contributed by atoms with van der Waals surface area (Å²) in [6, 6.07) is 8.08. The smallest absolute Gasteiger partial charge is 0.252 e. The normalized spacial score (nSPS) is 18.0. The van der Waals surface area contributed by atoms with Crippen molar-refractivity contribution in [2.45, 2.75) is 78.1 Å². The van der Waals surface area contributed by atoms with Crippen LogP contribution >= 0.6 is 0 Å². The van der Waals surface area contributed by atoms with Crippen molar-refractivity contribution in [2.24, 2.45) is 0 Å². The number of benzene rings is 1. The molecule has 0 radical (unpaired) electrons. The predicted molar refractivity (Wildman–Crippen MR) is 125 cm³/mol. The Labute approximate surface area is 189 Å². The van der Waals surface area contributed by atoms with Crippen LogP contribution in [0.2, 0.25) is 0 Å². The van der Waals surface area contributed by atoms with E-state index in [1.165, 1.54) is 5.56 Å². The zero-order valence-electron chi connectivity index (χ0n) is 19.8. The highest BCUT2D eigenvalue weighted by Gasteiger charge is 2.31. The van der Waals surface area contributed by atoms with Crippen molar-refractivity contribution in [3.8, 4) is 0 Å². The van der Waals surface area contributed by atoms with E-state index in [0.29, 0.717) is 6.54 Å². The second kappa shape index (κ2) is 9.11. The molecule has 2 atom stereocenters. The average Bonchev–Trinajstić information content (AvgIpc) is 3.41. The molecule has 3 heterocycles. The molecule has 1 fully saturated rings. The lowest BCUT2D eigenvalue weighted by atomic mass is 10.0. The van der Waals surface area contributed by atoms with E-state index in [-0.39, 0.29) is 23.2 Å². The fraction of sp³-hybridized carbons (Fsp3) is 0.583. The molecule has 32 heavy (non-hydrogen) atoms. The summed E-state index contributed by atoms with van der Waals surface area (Å²) < 4.78 is 7.86. The number of hydrogen-bond acceptors (Lipinski definition) is 6. The number of rotatable bonds is 7. The number of ether oxygens (including phenoxy) is 1. The van der Waals surface area contributed by atoms with Gasteiger partial charge in [-0.2, -0.15) is 0 Å². The largest absolute Gasteiger partial charge is 0.377 e. The summed E-state index contributed by atoms with van der Waals surface area (Å²) in [4.78, 5) is 18.3. The van der Waals surface area contributed by atoms with Gasteiger partial charge in [-0.3, -0.25) is 9.69 Å². The Morgan fingerprint density at radius 3 is 2.81 bits per heavy atom. The van der Waals surface area contributed by atoms with Gasteiger partial charge in [-0.25, -0.2) is 4.68 Å². The van der Waals surface area contributed by atoms with E-state index >= 15 is 0 Å². The van der Waals surface area contributed by atoms with Gasteiger partial charge in [0, 0.05) is 30.8 Å². The first-order valence-electron chi connectivity index (χ1n) is 11.5. The zero-order valence-corrected chi connectivity index (χ0v) is 19.8. The van der Waals surface area contributed by atoms with Crippen molar-refractivity contribution >= 4 is 10.9 Å².